The number of benzene rings is 1. The van der Waals surface area contributed by atoms with Crippen LogP contribution in [0, 0.1) is 0 Å². The van der Waals surface area contributed by atoms with E-state index in [-0.39, 0.29) is 5.41 Å². The van der Waals surface area contributed by atoms with E-state index in [2.05, 4.69) is 20.3 Å². The molecule has 0 atom stereocenters. The molecule has 0 fully saturated rings. The molecular formula is C15H15ClN4O2S. The quantitative estimate of drug-likeness (QED) is 0.646. The zero-order chi connectivity index (χ0) is 16.4. The summed E-state index contributed by atoms with van der Waals surface area (Å²) in [5, 5.41) is 13.2. The van der Waals surface area contributed by atoms with Gasteiger partial charge in [-0.05, 0) is 24.3 Å². The van der Waals surface area contributed by atoms with Crippen molar-refractivity contribution >= 4 is 23.4 Å². The van der Waals surface area contributed by atoms with Gasteiger partial charge in [0.25, 0.3) is 5.22 Å². The molecule has 0 unspecified atom stereocenters. The molecule has 0 aliphatic heterocycles. The molecule has 0 aliphatic rings. The standard InChI is InChI=1S/C15H15ClN4O2S/c1-15(2,3)13-18-19-14(21-13)23-8-11-17-12(20-22-11)9-4-6-10(16)7-5-9/h4-7H,8H2,1-3H3. The Morgan fingerprint density at radius 1 is 1.13 bits per heavy atom. The number of rotatable bonds is 4. The van der Waals surface area contributed by atoms with Crippen LogP contribution in [0.1, 0.15) is 32.6 Å². The predicted octanol–water partition coefficient (Wildman–Crippen LogP) is 4.36. The summed E-state index contributed by atoms with van der Waals surface area (Å²) in [7, 11) is 0. The highest BCUT2D eigenvalue weighted by Gasteiger charge is 2.22. The highest BCUT2D eigenvalue weighted by Crippen LogP contribution is 2.27. The zero-order valence-corrected chi connectivity index (χ0v) is 14.5. The highest BCUT2D eigenvalue weighted by molar-refractivity contribution is 7.98. The van der Waals surface area contributed by atoms with Crippen molar-refractivity contribution < 1.29 is 8.94 Å². The second-order valence-corrected chi connectivity index (χ2v) is 7.29. The zero-order valence-electron chi connectivity index (χ0n) is 12.9. The van der Waals surface area contributed by atoms with Gasteiger partial charge in [0.05, 0.1) is 5.75 Å². The Labute approximate surface area is 142 Å². The van der Waals surface area contributed by atoms with Gasteiger partial charge in [0, 0.05) is 16.0 Å². The Morgan fingerprint density at radius 3 is 2.52 bits per heavy atom. The molecular weight excluding hydrogens is 336 g/mol. The van der Waals surface area contributed by atoms with Crippen LogP contribution < -0.4 is 0 Å². The van der Waals surface area contributed by atoms with E-state index in [1.54, 1.807) is 12.1 Å². The fraction of sp³-hybridized carbons (Fsp3) is 0.333. The van der Waals surface area contributed by atoms with E-state index in [0.29, 0.717) is 33.6 Å². The van der Waals surface area contributed by atoms with Gasteiger partial charge in [-0.3, -0.25) is 0 Å². The lowest BCUT2D eigenvalue weighted by Gasteiger charge is -2.10. The molecule has 0 radical (unpaired) electrons. The fourth-order valence-electron chi connectivity index (χ4n) is 1.72. The topological polar surface area (TPSA) is 77.8 Å². The Balaban J connectivity index is 1.65. The van der Waals surface area contributed by atoms with E-state index < -0.39 is 0 Å². The number of hydrogen-bond acceptors (Lipinski definition) is 7. The molecule has 23 heavy (non-hydrogen) atoms. The summed E-state index contributed by atoms with van der Waals surface area (Å²) in [4.78, 5) is 4.35. The van der Waals surface area contributed by atoms with Crippen LogP contribution in [0.4, 0.5) is 0 Å². The van der Waals surface area contributed by atoms with Crippen molar-refractivity contribution in [2.45, 2.75) is 37.2 Å². The minimum absolute atomic E-state index is 0.169. The van der Waals surface area contributed by atoms with Gasteiger partial charge in [-0.2, -0.15) is 4.98 Å². The van der Waals surface area contributed by atoms with E-state index in [1.165, 1.54) is 11.8 Å². The molecule has 0 saturated carbocycles. The van der Waals surface area contributed by atoms with Crippen molar-refractivity contribution in [3.05, 3.63) is 41.1 Å². The third-order valence-corrected chi connectivity index (χ3v) is 3.99. The van der Waals surface area contributed by atoms with E-state index in [1.807, 2.05) is 32.9 Å². The number of nitrogens with zero attached hydrogens (tertiary/aromatic N) is 4. The molecule has 3 rings (SSSR count). The van der Waals surface area contributed by atoms with Gasteiger partial charge in [0.2, 0.25) is 17.6 Å². The van der Waals surface area contributed by atoms with Crippen LogP contribution in [-0.2, 0) is 11.2 Å². The monoisotopic (exact) mass is 350 g/mol. The average Bonchev–Trinajstić information content (AvgIpc) is 3.15. The van der Waals surface area contributed by atoms with Crippen molar-refractivity contribution in [1.29, 1.82) is 0 Å². The Bertz CT molecular complexity index is 792. The third-order valence-electron chi connectivity index (χ3n) is 2.94. The molecule has 0 amide bonds. The van der Waals surface area contributed by atoms with Gasteiger partial charge in [-0.15, -0.1) is 10.2 Å². The van der Waals surface area contributed by atoms with E-state index >= 15 is 0 Å². The molecule has 1 aromatic carbocycles. The second-order valence-electron chi connectivity index (χ2n) is 5.93. The van der Waals surface area contributed by atoms with Crippen molar-refractivity contribution in [2.24, 2.45) is 0 Å². The number of halogens is 1. The summed E-state index contributed by atoms with van der Waals surface area (Å²) < 4.78 is 10.9. The molecule has 0 N–H and O–H groups in total. The number of hydrogen-bond donors (Lipinski definition) is 0. The fourth-order valence-corrected chi connectivity index (χ4v) is 2.45. The Kier molecular flexibility index (Phi) is 4.41. The highest BCUT2D eigenvalue weighted by atomic mass is 35.5. The minimum atomic E-state index is -0.169. The SMILES string of the molecule is CC(C)(C)c1nnc(SCc2nc(-c3ccc(Cl)cc3)no2)o1. The van der Waals surface area contributed by atoms with Gasteiger partial charge in [0.15, 0.2) is 0 Å². The Morgan fingerprint density at radius 2 is 1.87 bits per heavy atom. The van der Waals surface area contributed by atoms with Crippen LogP contribution in [0.5, 0.6) is 0 Å². The molecule has 0 bridgehead atoms. The van der Waals surface area contributed by atoms with Gasteiger partial charge in [-0.25, -0.2) is 0 Å². The third kappa shape index (κ3) is 3.92. The van der Waals surface area contributed by atoms with Crippen LogP contribution in [0.25, 0.3) is 11.4 Å². The molecule has 8 heteroatoms. The maximum atomic E-state index is 5.86. The Hall–Kier alpha value is -1.86. The first-order valence-corrected chi connectivity index (χ1v) is 8.33. The van der Waals surface area contributed by atoms with Gasteiger partial charge in [0.1, 0.15) is 0 Å². The summed E-state index contributed by atoms with van der Waals surface area (Å²) >= 11 is 7.23. The summed E-state index contributed by atoms with van der Waals surface area (Å²) in [5.74, 6) is 2.09. The maximum Gasteiger partial charge on any atom is 0.277 e. The van der Waals surface area contributed by atoms with Crippen LogP contribution in [0.15, 0.2) is 38.4 Å². The molecule has 2 aromatic heterocycles. The van der Waals surface area contributed by atoms with Crippen molar-refractivity contribution in [3.63, 3.8) is 0 Å². The lowest BCUT2D eigenvalue weighted by Crippen LogP contribution is -2.11. The van der Waals surface area contributed by atoms with E-state index in [0.717, 1.165) is 5.56 Å². The second kappa shape index (κ2) is 6.33. The van der Waals surface area contributed by atoms with Gasteiger partial charge in [-0.1, -0.05) is 49.3 Å². The largest absolute Gasteiger partial charge is 0.415 e. The minimum Gasteiger partial charge on any atom is -0.415 e. The number of thioether (sulfide) groups is 1. The first-order valence-electron chi connectivity index (χ1n) is 6.97. The van der Waals surface area contributed by atoms with Crippen LogP contribution in [0.2, 0.25) is 5.02 Å². The van der Waals surface area contributed by atoms with Gasteiger partial charge < -0.3 is 8.94 Å². The normalized spacial score (nSPS) is 11.8. The molecule has 6 nitrogen and oxygen atoms in total. The van der Waals surface area contributed by atoms with Crippen LogP contribution in [0.3, 0.4) is 0 Å². The summed E-state index contributed by atoms with van der Waals surface area (Å²) in [6.07, 6.45) is 0. The van der Waals surface area contributed by atoms with Crippen LogP contribution >= 0.6 is 23.4 Å². The molecule has 0 aliphatic carbocycles. The summed E-state index contributed by atoms with van der Waals surface area (Å²) in [6, 6.07) is 7.26. The number of aromatic nitrogens is 4. The van der Waals surface area contributed by atoms with Gasteiger partial charge >= 0.3 is 0 Å². The summed E-state index contributed by atoms with van der Waals surface area (Å²) in [6.45, 7) is 6.06. The smallest absolute Gasteiger partial charge is 0.277 e. The lowest BCUT2D eigenvalue weighted by molar-refractivity contribution is 0.346. The van der Waals surface area contributed by atoms with E-state index in [9.17, 15) is 0 Å². The molecule has 120 valence electrons. The molecule has 2 heterocycles. The lowest BCUT2D eigenvalue weighted by atomic mass is 9.97. The van der Waals surface area contributed by atoms with Crippen molar-refractivity contribution in [2.75, 3.05) is 0 Å². The first-order chi connectivity index (χ1) is 10.9. The molecule has 0 saturated heterocycles. The molecule has 0 spiro atoms. The predicted molar refractivity (Wildman–Crippen MR) is 87.3 cm³/mol. The molecule has 3 aromatic rings. The first kappa shape index (κ1) is 16.0. The van der Waals surface area contributed by atoms with E-state index in [4.69, 9.17) is 20.5 Å². The maximum absolute atomic E-state index is 5.86. The average molecular weight is 351 g/mol. The van der Waals surface area contributed by atoms with Crippen molar-refractivity contribution in [3.8, 4) is 11.4 Å². The van der Waals surface area contributed by atoms with Crippen LogP contribution in [-0.4, -0.2) is 20.3 Å². The van der Waals surface area contributed by atoms with Crippen molar-refractivity contribution in [1.82, 2.24) is 20.3 Å². The summed E-state index contributed by atoms with van der Waals surface area (Å²) in [5.41, 5.74) is 0.681.